The maximum atomic E-state index is 5.78. The minimum absolute atomic E-state index is 0.546. The van der Waals surface area contributed by atoms with E-state index < -0.39 is 0 Å². The molecule has 0 saturated heterocycles. The highest BCUT2D eigenvalue weighted by Gasteiger charge is 2.03. The molecule has 96 valence electrons. The molecule has 0 unspecified atom stereocenters. The summed E-state index contributed by atoms with van der Waals surface area (Å²) < 4.78 is 6.81. The molecule has 0 radical (unpaired) electrons. The van der Waals surface area contributed by atoms with Crippen molar-refractivity contribution < 1.29 is 4.74 Å². The van der Waals surface area contributed by atoms with E-state index in [1.54, 1.807) is 0 Å². The van der Waals surface area contributed by atoms with Crippen molar-refractivity contribution in [3.63, 3.8) is 0 Å². The second kappa shape index (κ2) is 5.10. The molecule has 0 aliphatic carbocycles. The number of benzene rings is 2. The first-order valence-corrected chi connectivity index (χ1v) is 6.97. The van der Waals surface area contributed by atoms with Gasteiger partial charge in [-0.25, -0.2) is 0 Å². The smallest absolute Gasteiger partial charge is 0.128 e. The van der Waals surface area contributed by atoms with Crippen LogP contribution in [0.2, 0.25) is 0 Å². The van der Waals surface area contributed by atoms with Gasteiger partial charge in [0.05, 0.1) is 5.69 Å². The Bertz CT molecular complexity index is 718. The van der Waals surface area contributed by atoms with Crippen LogP contribution in [0.1, 0.15) is 11.3 Å². The number of aromatic amines is 1. The minimum Gasteiger partial charge on any atom is -0.487 e. The zero-order valence-corrected chi connectivity index (χ0v) is 12.2. The number of ether oxygens (including phenoxy) is 1. The predicted octanol–water partition coefficient (Wildman–Crippen LogP) is 4.82. The molecule has 0 saturated carbocycles. The van der Waals surface area contributed by atoms with Crippen LogP contribution in [0.15, 0.2) is 53.0 Å². The van der Waals surface area contributed by atoms with Crippen molar-refractivity contribution in [1.29, 1.82) is 0 Å². The minimum atomic E-state index is 0.546. The van der Waals surface area contributed by atoms with Gasteiger partial charge in [-0.3, -0.25) is 0 Å². The Balaban J connectivity index is 1.80. The molecular formula is C16H14BrNO. The Morgan fingerprint density at radius 3 is 2.74 bits per heavy atom. The van der Waals surface area contributed by atoms with Gasteiger partial charge in [-0.05, 0) is 36.8 Å². The van der Waals surface area contributed by atoms with E-state index in [1.807, 2.05) is 24.3 Å². The number of rotatable bonds is 3. The zero-order valence-electron chi connectivity index (χ0n) is 10.6. The highest BCUT2D eigenvalue weighted by Crippen LogP contribution is 2.21. The van der Waals surface area contributed by atoms with Gasteiger partial charge in [0, 0.05) is 15.4 Å². The van der Waals surface area contributed by atoms with Gasteiger partial charge in [0.2, 0.25) is 0 Å². The molecule has 0 spiro atoms. The number of aromatic nitrogens is 1. The first-order valence-electron chi connectivity index (χ1n) is 6.18. The van der Waals surface area contributed by atoms with Crippen molar-refractivity contribution >= 4 is 26.8 Å². The molecule has 3 heteroatoms. The van der Waals surface area contributed by atoms with Gasteiger partial charge in [0.1, 0.15) is 12.4 Å². The average Bonchev–Trinajstić information content (AvgIpc) is 2.81. The van der Waals surface area contributed by atoms with Gasteiger partial charge in [-0.2, -0.15) is 0 Å². The average molecular weight is 316 g/mol. The summed E-state index contributed by atoms with van der Waals surface area (Å²) in [6.45, 7) is 2.66. The van der Waals surface area contributed by atoms with Crippen LogP contribution in [-0.4, -0.2) is 4.98 Å². The van der Waals surface area contributed by atoms with Crippen LogP contribution in [0.5, 0.6) is 5.75 Å². The molecule has 3 aromatic rings. The van der Waals surface area contributed by atoms with Crippen LogP contribution in [0.3, 0.4) is 0 Å². The molecular weight excluding hydrogens is 302 g/mol. The van der Waals surface area contributed by atoms with Gasteiger partial charge in [0.15, 0.2) is 0 Å². The van der Waals surface area contributed by atoms with Crippen molar-refractivity contribution in [1.82, 2.24) is 4.98 Å². The van der Waals surface area contributed by atoms with E-state index in [-0.39, 0.29) is 0 Å². The molecule has 0 atom stereocenters. The van der Waals surface area contributed by atoms with E-state index in [9.17, 15) is 0 Å². The van der Waals surface area contributed by atoms with E-state index in [4.69, 9.17) is 4.74 Å². The number of nitrogens with one attached hydrogen (secondary N) is 1. The van der Waals surface area contributed by atoms with E-state index in [2.05, 4.69) is 52.1 Å². The molecule has 0 aliphatic heterocycles. The Labute approximate surface area is 120 Å². The summed E-state index contributed by atoms with van der Waals surface area (Å²) in [7, 11) is 0. The SMILES string of the molecule is Cc1cccc2cc(COc3cccc(Br)c3)[nH]c12. The maximum absolute atomic E-state index is 5.78. The Morgan fingerprint density at radius 1 is 1.11 bits per heavy atom. The number of hydrogen-bond acceptors (Lipinski definition) is 1. The molecule has 0 aliphatic rings. The van der Waals surface area contributed by atoms with Crippen molar-refractivity contribution in [2.75, 3.05) is 0 Å². The predicted molar refractivity (Wildman–Crippen MR) is 81.5 cm³/mol. The van der Waals surface area contributed by atoms with E-state index in [0.717, 1.165) is 15.9 Å². The van der Waals surface area contributed by atoms with Gasteiger partial charge in [-0.1, -0.05) is 40.2 Å². The first-order chi connectivity index (χ1) is 9.22. The number of H-pyrrole nitrogens is 1. The number of para-hydroxylation sites is 1. The van der Waals surface area contributed by atoms with E-state index in [0.29, 0.717) is 6.61 Å². The van der Waals surface area contributed by atoms with Gasteiger partial charge in [0.25, 0.3) is 0 Å². The van der Waals surface area contributed by atoms with Crippen LogP contribution in [0.4, 0.5) is 0 Å². The first kappa shape index (κ1) is 12.3. The summed E-state index contributed by atoms with van der Waals surface area (Å²) in [6, 6.07) is 16.3. The topological polar surface area (TPSA) is 25.0 Å². The van der Waals surface area contributed by atoms with Crippen molar-refractivity contribution in [3.05, 3.63) is 64.3 Å². The monoisotopic (exact) mass is 315 g/mol. The second-order valence-electron chi connectivity index (χ2n) is 4.58. The zero-order chi connectivity index (χ0) is 13.2. The maximum Gasteiger partial charge on any atom is 0.128 e. The summed E-state index contributed by atoms with van der Waals surface area (Å²) in [4.78, 5) is 3.41. The number of halogens is 1. The van der Waals surface area contributed by atoms with Crippen LogP contribution in [0.25, 0.3) is 10.9 Å². The van der Waals surface area contributed by atoms with Crippen molar-refractivity contribution in [2.24, 2.45) is 0 Å². The third kappa shape index (κ3) is 2.66. The molecule has 1 aromatic heterocycles. The fourth-order valence-corrected chi connectivity index (χ4v) is 2.54. The van der Waals surface area contributed by atoms with Gasteiger partial charge in [-0.15, -0.1) is 0 Å². The molecule has 0 amide bonds. The summed E-state index contributed by atoms with van der Waals surface area (Å²) in [5, 5.41) is 1.23. The van der Waals surface area contributed by atoms with Crippen LogP contribution in [0, 0.1) is 6.92 Å². The summed E-state index contributed by atoms with van der Waals surface area (Å²) in [5.41, 5.74) is 3.53. The second-order valence-corrected chi connectivity index (χ2v) is 5.50. The molecule has 1 heterocycles. The molecule has 2 aromatic carbocycles. The van der Waals surface area contributed by atoms with Gasteiger partial charge >= 0.3 is 0 Å². The fourth-order valence-electron chi connectivity index (χ4n) is 2.16. The van der Waals surface area contributed by atoms with Gasteiger partial charge < -0.3 is 9.72 Å². The lowest BCUT2D eigenvalue weighted by atomic mass is 10.2. The molecule has 3 rings (SSSR count). The number of hydrogen-bond donors (Lipinski definition) is 1. The molecule has 0 fully saturated rings. The van der Waals surface area contributed by atoms with Crippen LogP contribution >= 0.6 is 15.9 Å². The normalized spacial score (nSPS) is 10.8. The van der Waals surface area contributed by atoms with Crippen LogP contribution < -0.4 is 4.74 Å². The third-order valence-corrected chi connectivity index (χ3v) is 3.60. The lowest BCUT2D eigenvalue weighted by Crippen LogP contribution is -1.95. The Morgan fingerprint density at radius 2 is 1.95 bits per heavy atom. The van der Waals surface area contributed by atoms with Crippen LogP contribution in [-0.2, 0) is 6.61 Å². The number of aryl methyl sites for hydroxylation is 1. The van der Waals surface area contributed by atoms with Crippen molar-refractivity contribution in [2.45, 2.75) is 13.5 Å². The van der Waals surface area contributed by atoms with Crippen molar-refractivity contribution in [3.8, 4) is 5.75 Å². The fraction of sp³-hybridized carbons (Fsp3) is 0.125. The van der Waals surface area contributed by atoms with E-state index in [1.165, 1.54) is 16.5 Å². The lowest BCUT2D eigenvalue weighted by Gasteiger charge is -2.04. The highest BCUT2D eigenvalue weighted by molar-refractivity contribution is 9.10. The molecule has 1 N–H and O–H groups in total. The summed E-state index contributed by atoms with van der Waals surface area (Å²) in [5.74, 6) is 0.866. The lowest BCUT2D eigenvalue weighted by molar-refractivity contribution is 0.302. The summed E-state index contributed by atoms with van der Waals surface area (Å²) >= 11 is 3.44. The molecule has 19 heavy (non-hydrogen) atoms. The summed E-state index contributed by atoms with van der Waals surface area (Å²) in [6.07, 6.45) is 0. The quantitative estimate of drug-likeness (QED) is 0.736. The Kier molecular flexibility index (Phi) is 3.30. The molecule has 0 bridgehead atoms. The number of fused-ring (bicyclic) bond motifs is 1. The third-order valence-electron chi connectivity index (χ3n) is 3.11. The standard InChI is InChI=1S/C16H14BrNO/c1-11-4-2-5-12-8-14(18-16(11)12)10-19-15-7-3-6-13(17)9-15/h2-9,18H,10H2,1H3. The Hall–Kier alpha value is -1.74. The van der Waals surface area contributed by atoms with E-state index >= 15 is 0 Å². The largest absolute Gasteiger partial charge is 0.487 e. The molecule has 2 nitrogen and oxygen atoms in total. The highest BCUT2D eigenvalue weighted by atomic mass is 79.9.